The van der Waals surface area contributed by atoms with Gasteiger partial charge in [0.2, 0.25) is 0 Å². The molecule has 0 bridgehead atoms. The summed E-state index contributed by atoms with van der Waals surface area (Å²) in [5.41, 5.74) is 7.44. The lowest BCUT2D eigenvalue weighted by Gasteiger charge is -2.28. The van der Waals surface area contributed by atoms with E-state index in [0.717, 1.165) is 32.1 Å². The molecular formula is C17H29IN4. The zero-order valence-corrected chi connectivity index (χ0v) is 16.1. The van der Waals surface area contributed by atoms with Crippen LogP contribution in [-0.2, 0) is 6.54 Å². The van der Waals surface area contributed by atoms with Crippen LogP contribution in [-0.4, -0.2) is 48.5 Å². The predicted molar refractivity (Wildman–Crippen MR) is 105 cm³/mol. The fourth-order valence-corrected chi connectivity index (χ4v) is 2.62. The molecule has 0 saturated carbocycles. The topological polar surface area (TPSA) is 44.9 Å². The number of nitrogens with zero attached hydrogens (tertiary/aromatic N) is 3. The number of piperidine rings is 1. The van der Waals surface area contributed by atoms with Crippen molar-refractivity contribution in [1.82, 2.24) is 9.80 Å². The van der Waals surface area contributed by atoms with Gasteiger partial charge < -0.3 is 10.6 Å². The molecule has 1 unspecified atom stereocenters. The normalized spacial score (nSPS) is 17.2. The number of nitrogens with two attached hydrogens (primary N) is 1. The molecule has 1 saturated heterocycles. The first kappa shape index (κ1) is 19.2. The van der Waals surface area contributed by atoms with E-state index >= 15 is 0 Å². The Morgan fingerprint density at radius 1 is 1.23 bits per heavy atom. The zero-order valence-electron chi connectivity index (χ0n) is 13.7. The van der Waals surface area contributed by atoms with Crippen LogP contribution in [0.3, 0.4) is 0 Å². The van der Waals surface area contributed by atoms with Gasteiger partial charge in [0.25, 0.3) is 0 Å². The van der Waals surface area contributed by atoms with E-state index < -0.39 is 0 Å². The van der Waals surface area contributed by atoms with Crippen LogP contribution < -0.4 is 5.73 Å². The standard InChI is InChI=1S/C17H28N4.HI/c1-15(20(2)14-16-9-5-3-6-10-16)13-19-17(18)21-11-7-4-8-12-21;/h3,5-6,9-10,15H,4,7-8,11-14H2,1-2H3,(H2,18,19);1H. The lowest BCUT2D eigenvalue weighted by molar-refractivity contribution is 0.254. The number of hydrogen-bond donors (Lipinski definition) is 1. The maximum absolute atomic E-state index is 6.11. The summed E-state index contributed by atoms with van der Waals surface area (Å²) in [7, 11) is 2.14. The van der Waals surface area contributed by atoms with Gasteiger partial charge in [0.05, 0.1) is 6.54 Å². The van der Waals surface area contributed by atoms with Crippen molar-refractivity contribution in [1.29, 1.82) is 0 Å². The van der Waals surface area contributed by atoms with Gasteiger partial charge in [-0.25, -0.2) is 0 Å². The summed E-state index contributed by atoms with van der Waals surface area (Å²) in [6.45, 7) is 6.02. The van der Waals surface area contributed by atoms with Crippen molar-refractivity contribution >= 4 is 29.9 Å². The largest absolute Gasteiger partial charge is 0.370 e. The summed E-state index contributed by atoms with van der Waals surface area (Å²) >= 11 is 0. The van der Waals surface area contributed by atoms with E-state index in [4.69, 9.17) is 5.73 Å². The molecule has 1 aromatic carbocycles. The Kier molecular flexibility index (Phi) is 8.78. The van der Waals surface area contributed by atoms with Crippen molar-refractivity contribution in [3.8, 4) is 0 Å². The van der Waals surface area contributed by atoms with Crippen molar-refractivity contribution in [2.75, 3.05) is 26.7 Å². The zero-order chi connectivity index (χ0) is 15.1. The summed E-state index contributed by atoms with van der Waals surface area (Å²) in [6.07, 6.45) is 3.79. The second kappa shape index (κ2) is 10.0. The van der Waals surface area contributed by atoms with Crippen LogP contribution in [0.1, 0.15) is 31.7 Å². The van der Waals surface area contributed by atoms with Crippen molar-refractivity contribution in [2.24, 2.45) is 10.7 Å². The highest BCUT2D eigenvalue weighted by Gasteiger charge is 2.13. The molecule has 1 aliphatic heterocycles. The highest BCUT2D eigenvalue weighted by atomic mass is 127. The minimum atomic E-state index is 0. The summed E-state index contributed by atoms with van der Waals surface area (Å²) in [4.78, 5) is 9.13. The quantitative estimate of drug-likeness (QED) is 0.456. The summed E-state index contributed by atoms with van der Waals surface area (Å²) in [6, 6.07) is 10.9. The number of likely N-dealkylation sites (tertiary alicyclic amines) is 1. The molecule has 0 spiro atoms. The van der Waals surface area contributed by atoms with Crippen molar-refractivity contribution < 1.29 is 0 Å². The number of aliphatic imine (C=N–C) groups is 1. The van der Waals surface area contributed by atoms with Gasteiger partial charge in [0, 0.05) is 25.7 Å². The van der Waals surface area contributed by atoms with Crippen LogP contribution >= 0.6 is 24.0 Å². The lowest BCUT2D eigenvalue weighted by Crippen LogP contribution is -2.41. The third kappa shape index (κ3) is 6.12. The van der Waals surface area contributed by atoms with Crippen molar-refractivity contribution in [2.45, 2.75) is 38.8 Å². The van der Waals surface area contributed by atoms with E-state index in [1.165, 1.54) is 24.8 Å². The maximum atomic E-state index is 6.11. The van der Waals surface area contributed by atoms with Gasteiger partial charge in [-0.15, -0.1) is 24.0 Å². The van der Waals surface area contributed by atoms with Gasteiger partial charge in [0.1, 0.15) is 0 Å². The summed E-state index contributed by atoms with van der Waals surface area (Å²) < 4.78 is 0. The van der Waals surface area contributed by atoms with Gasteiger partial charge >= 0.3 is 0 Å². The second-order valence-electron chi connectivity index (χ2n) is 6.00. The van der Waals surface area contributed by atoms with Crippen LogP contribution in [0.25, 0.3) is 0 Å². The third-order valence-corrected chi connectivity index (χ3v) is 4.22. The molecule has 2 rings (SSSR count). The summed E-state index contributed by atoms with van der Waals surface area (Å²) in [5.74, 6) is 0.717. The Balaban J connectivity index is 0.00000242. The van der Waals surface area contributed by atoms with Gasteiger partial charge in [-0.05, 0) is 38.8 Å². The molecule has 0 aliphatic carbocycles. The van der Waals surface area contributed by atoms with Crippen molar-refractivity contribution in [3.05, 3.63) is 35.9 Å². The SMILES string of the molecule is CC(CN=C(N)N1CCCCC1)N(C)Cc1ccccc1.I. The smallest absolute Gasteiger partial charge is 0.191 e. The number of benzene rings is 1. The highest BCUT2D eigenvalue weighted by molar-refractivity contribution is 14.0. The third-order valence-electron chi connectivity index (χ3n) is 4.22. The molecule has 5 heteroatoms. The van der Waals surface area contributed by atoms with E-state index in [2.05, 4.69) is 59.1 Å². The molecule has 1 aromatic rings. The van der Waals surface area contributed by atoms with E-state index in [0.29, 0.717) is 6.04 Å². The average Bonchev–Trinajstić information content (AvgIpc) is 2.54. The minimum absolute atomic E-state index is 0. The monoisotopic (exact) mass is 416 g/mol. The van der Waals surface area contributed by atoms with Gasteiger partial charge in [-0.3, -0.25) is 9.89 Å². The molecular weight excluding hydrogens is 387 g/mol. The first-order chi connectivity index (χ1) is 10.2. The minimum Gasteiger partial charge on any atom is -0.370 e. The lowest BCUT2D eigenvalue weighted by atomic mass is 10.1. The molecule has 0 radical (unpaired) electrons. The molecule has 22 heavy (non-hydrogen) atoms. The average molecular weight is 416 g/mol. The molecule has 2 N–H and O–H groups in total. The maximum Gasteiger partial charge on any atom is 0.191 e. The van der Waals surface area contributed by atoms with Gasteiger partial charge in [0.15, 0.2) is 5.96 Å². The number of likely N-dealkylation sites (N-methyl/N-ethyl adjacent to an activating group) is 1. The predicted octanol–water partition coefficient (Wildman–Crippen LogP) is 2.93. The molecule has 0 amide bonds. The summed E-state index contributed by atoms with van der Waals surface area (Å²) in [5, 5.41) is 0. The Hall–Kier alpha value is -0.820. The second-order valence-corrected chi connectivity index (χ2v) is 6.00. The molecule has 4 nitrogen and oxygen atoms in total. The van der Waals surface area contributed by atoms with E-state index in [1.807, 2.05) is 0 Å². The first-order valence-corrected chi connectivity index (χ1v) is 7.96. The number of hydrogen-bond acceptors (Lipinski definition) is 2. The molecule has 124 valence electrons. The molecule has 1 heterocycles. The molecule has 0 aromatic heterocycles. The highest BCUT2D eigenvalue weighted by Crippen LogP contribution is 2.09. The number of rotatable bonds is 5. The Morgan fingerprint density at radius 3 is 2.50 bits per heavy atom. The van der Waals surface area contributed by atoms with Gasteiger partial charge in [-0.2, -0.15) is 0 Å². The van der Waals surface area contributed by atoms with Crippen LogP contribution in [0.4, 0.5) is 0 Å². The van der Waals surface area contributed by atoms with E-state index in [-0.39, 0.29) is 24.0 Å². The Bertz CT molecular complexity index is 443. The van der Waals surface area contributed by atoms with E-state index in [9.17, 15) is 0 Å². The molecule has 1 aliphatic rings. The van der Waals surface area contributed by atoms with Crippen LogP contribution in [0.5, 0.6) is 0 Å². The van der Waals surface area contributed by atoms with Crippen LogP contribution in [0, 0.1) is 0 Å². The number of guanidine groups is 1. The Labute approximate surface area is 151 Å². The van der Waals surface area contributed by atoms with Crippen molar-refractivity contribution in [3.63, 3.8) is 0 Å². The first-order valence-electron chi connectivity index (χ1n) is 7.96. The van der Waals surface area contributed by atoms with Crippen LogP contribution in [0.15, 0.2) is 35.3 Å². The molecule has 1 fully saturated rings. The van der Waals surface area contributed by atoms with E-state index in [1.54, 1.807) is 0 Å². The van der Waals surface area contributed by atoms with Gasteiger partial charge in [-0.1, -0.05) is 30.3 Å². The fraction of sp³-hybridized carbons (Fsp3) is 0.588. The Morgan fingerprint density at radius 2 is 1.86 bits per heavy atom. The molecule has 1 atom stereocenters. The van der Waals surface area contributed by atoms with Crippen LogP contribution in [0.2, 0.25) is 0 Å². The number of halogens is 1. The fourth-order valence-electron chi connectivity index (χ4n) is 2.62.